The van der Waals surface area contributed by atoms with Crippen LogP contribution in [0.1, 0.15) is 37.0 Å². The fraction of sp³-hybridized carbons (Fsp3) is 0.688. The second-order valence-corrected chi connectivity index (χ2v) is 9.81. The Balaban J connectivity index is 0.00000225. The lowest BCUT2D eigenvalue weighted by Crippen LogP contribution is -2.46. The van der Waals surface area contributed by atoms with Crippen LogP contribution in [0.5, 0.6) is 0 Å². The van der Waals surface area contributed by atoms with Crippen molar-refractivity contribution in [2.75, 3.05) is 26.2 Å². The van der Waals surface area contributed by atoms with Crippen LogP contribution >= 0.6 is 23.7 Å². The van der Waals surface area contributed by atoms with Crippen LogP contribution in [0.3, 0.4) is 0 Å². The highest BCUT2D eigenvalue weighted by Gasteiger charge is 2.27. The third-order valence-corrected chi connectivity index (χ3v) is 7.99. The van der Waals surface area contributed by atoms with Gasteiger partial charge >= 0.3 is 0 Å². The first-order chi connectivity index (χ1) is 11.6. The summed E-state index contributed by atoms with van der Waals surface area (Å²) in [6, 6.07) is 3.59. The molecule has 0 spiro atoms. The van der Waals surface area contributed by atoms with Gasteiger partial charge in [-0.05, 0) is 44.4 Å². The van der Waals surface area contributed by atoms with Gasteiger partial charge in [0.1, 0.15) is 4.21 Å². The molecule has 3 rings (SSSR count). The van der Waals surface area contributed by atoms with Gasteiger partial charge in [0.05, 0.1) is 6.42 Å². The molecule has 2 fully saturated rings. The number of hydrogen-bond acceptors (Lipinski definition) is 5. The van der Waals surface area contributed by atoms with Crippen molar-refractivity contribution in [1.82, 2.24) is 14.9 Å². The van der Waals surface area contributed by atoms with E-state index in [1.807, 2.05) is 0 Å². The van der Waals surface area contributed by atoms with Crippen LogP contribution < -0.4 is 10.6 Å². The summed E-state index contributed by atoms with van der Waals surface area (Å²) in [4.78, 5) is 12.9. The van der Waals surface area contributed by atoms with Crippen molar-refractivity contribution in [3.8, 4) is 0 Å². The van der Waals surface area contributed by atoms with Gasteiger partial charge in [-0.1, -0.05) is 6.42 Å². The average Bonchev–Trinajstić information content (AvgIpc) is 3.05. The van der Waals surface area contributed by atoms with Crippen LogP contribution in [0.25, 0.3) is 0 Å². The number of amides is 1. The van der Waals surface area contributed by atoms with E-state index in [4.69, 9.17) is 0 Å². The van der Waals surface area contributed by atoms with Gasteiger partial charge in [-0.3, -0.25) is 4.79 Å². The molecule has 0 bridgehead atoms. The van der Waals surface area contributed by atoms with E-state index in [9.17, 15) is 13.2 Å². The molecule has 142 valence electrons. The van der Waals surface area contributed by atoms with E-state index >= 15 is 0 Å². The monoisotopic (exact) mass is 407 g/mol. The van der Waals surface area contributed by atoms with E-state index in [-0.39, 0.29) is 30.8 Å². The number of halogens is 1. The highest BCUT2D eigenvalue weighted by Crippen LogP contribution is 2.27. The first-order valence-electron chi connectivity index (χ1n) is 8.64. The highest BCUT2D eigenvalue weighted by molar-refractivity contribution is 7.91. The third-order valence-electron chi connectivity index (χ3n) is 4.54. The summed E-state index contributed by atoms with van der Waals surface area (Å²) in [6.45, 7) is 3.02. The number of nitrogens with zero attached hydrogens (tertiary/aromatic N) is 1. The Bertz CT molecular complexity index is 666. The zero-order chi connectivity index (χ0) is 17.0. The van der Waals surface area contributed by atoms with Crippen molar-refractivity contribution >= 4 is 39.7 Å². The van der Waals surface area contributed by atoms with Crippen molar-refractivity contribution < 1.29 is 13.2 Å². The van der Waals surface area contributed by atoms with E-state index < -0.39 is 10.0 Å². The maximum atomic E-state index is 12.6. The molecule has 0 aromatic carbocycles. The molecule has 25 heavy (non-hydrogen) atoms. The molecule has 0 unspecified atom stereocenters. The fourth-order valence-corrected chi connectivity index (χ4v) is 6.26. The first-order valence-corrected chi connectivity index (χ1v) is 10.9. The zero-order valence-electron chi connectivity index (χ0n) is 14.2. The number of hydrogen-bond donors (Lipinski definition) is 2. The smallest absolute Gasteiger partial charge is 0.252 e. The molecule has 6 nitrogen and oxygen atoms in total. The van der Waals surface area contributed by atoms with Crippen LogP contribution in [0.4, 0.5) is 0 Å². The van der Waals surface area contributed by atoms with Gasteiger partial charge in [-0.2, -0.15) is 4.31 Å². The minimum atomic E-state index is -3.39. The standard InChI is InChI=1S/C16H25N3O3S2.ClH/c20-15(18-13-5-4-8-17-12-13)11-14-6-7-16(23-14)24(21,22)19-9-2-1-3-10-19;/h6-7,13,17H,1-5,8-12H2,(H,18,20);1H/t13-;/m0./s1. The van der Waals surface area contributed by atoms with E-state index in [0.717, 1.165) is 50.1 Å². The quantitative estimate of drug-likeness (QED) is 0.779. The largest absolute Gasteiger partial charge is 0.352 e. The molecule has 2 aliphatic heterocycles. The Morgan fingerprint density at radius 1 is 1.24 bits per heavy atom. The van der Waals surface area contributed by atoms with Crippen molar-refractivity contribution in [3.05, 3.63) is 17.0 Å². The molecular weight excluding hydrogens is 382 g/mol. The summed E-state index contributed by atoms with van der Waals surface area (Å²) in [6.07, 6.45) is 5.26. The van der Waals surface area contributed by atoms with Crippen LogP contribution in [0, 0.1) is 0 Å². The Morgan fingerprint density at radius 3 is 2.68 bits per heavy atom. The second-order valence-electron chi connectivity index (χ2n) is 6.47. The van der Waals surface area contributed by atoms with Crippen LogP contribution in [0.15, 0.2) is 16.3 Å². The van der Waals surface area contributed by atoms with Gasteiger partial charge in [0, 0.05) is 30.6 Å². The zero-order valence-corrected chi connectivity index (χ0v) is 16.6. The van der Waals surface area contributed by atoms with E-state index in [1.165, 1.54) is 11.3 Å². The third kappa shape index (κ3) is 5.40. The number of rotatable bonds is 5. The predicted octanol–water partition coefficient (Wildman–Crippen LogP) is 1.76. The Morgan fingerprint density at radius 2 is 2.00 bits per heavy atom. The van der Waals surface area contributed by atoms with Gasteiger partial charge in [0.15, 0.2) is 0 Å². The topological polar surface area (TPSA) is 78.5 Å². The molecule has 2 aliphatic rings. The van der Waals surface area contributed by atoms with Crippen LogP contribution in [0.2, 0.25) is 0 Å². The lowest BCUT2D eigenvalue weighted by atomic mass is 10.1. The van der Waals surface area contributed by atoms with Crippen molar-refractivity contribution in [3.63, 3.8) is 0 Å². The molecule has 3 heterocycles. The Labute approximate surface area is 159 Å². The average molecular weight is 408 g/mol. The van der Waals surface area contributed by atoms with Gasteiger partial charge in [0.25, 0.3) is 10.0 Å². The molecule has 0 radical (unpaired) electrons. The van der Waals surface area contributed by atoms with Crippen LogP contribution in [-0.2, 0) is 21.2 Å². The van der Waals surface area contributed by atoms with Gasteiger partial charge in [-0.25, -0.2) is 8.42 Å². The maximum absolute atomic E-state index is 12.6. The molecule has 1 amide bonds. The number of thiophene rings is 1. The van der Waals surface area contributed by atoms with E-state index in [0.29, 0.717) is 17.3 Å². The van der Waals surface area contributed by atoms with Gasteiger partial charge in [-0.15, -0.1) is 23.7 Å². The summed E-state index contributed by atoms with van der Waals surface area (Å²) in [5.74, 6) is -0.0347. The van der Waals surface area contributed by atoms with E-state index in [2.05, 4.69) is 10.6 Å². The maximum Gasteiger partial charge on any atom is 0.252 e. The molecule has 1 aromatic heterocycles. The number of carbonyl (C=O) groups is 1. The molecule has 1 atom stereocenters. The summed E-state index contributed by atoms with van der Waals surface area (Å²) < 4.78 is 27.2. The van der Waals surface area contributed by atoms with Crippen LogP contribution in [-0.4, -0.2) is 50.9 Å². The second kappa shape index (κ2) is 9.32. The fourth-order valence-electron chi connectivity index (χ4n) is 3.24. The SMILES string of the molecule is Cl.O=C(Cc1ccc(S(=O)(=O)N2CCCCC2)s1)N[C@H]1CCCNC1. The van der Waals surface area contributed by atoms with Crippen molar-refractivity contribution in [1.29, 1.82) is 0 Å². The summed E-state index contributed by atoms with van der Waals surface area (Å²) in [5, 5.41) is 6.29. The lowest BCUT2D eigenvalue weighted by molar-refractivity contribution is -0.121. The molecule has 2 N–H and O–H groups in total. The van der Waals surface area contributed by atoms with Gasteiger partial charge in [0.2, 0.25) is 5.91 Å². The number of carbonyl (C=O) groups excluding carboxylic acids is 1. The Kier molecular flexibility index (Phi) is 7.69. The first kappa shape index (κ1) is 20.6. The van der Waals surface area contributed by atoms with Crippen molar-refractivity contribution in [2.24, 2.45) is 0 Å². The molecule has 1 aromatic rings. The normalized spacial score (nSPS) is 22.2. The molecule has 0 aliphatic carbocycles. The molecule has 2 saturated heterocycles. The lowest BCUT2D eigenvalue weighted by Gasteiger charge is -2.25. The summed E-state index contributed by atoms with van der Waals surface area (Å²) in [5.41, 5.74) is 0. The molecule has 0 saturated carbocycles. The number of nitrogens with one attached hydrogen (secondary N) is 2. The Hall–Kier alpha value is -0.670. The molecule has 9 heteroatoms. The van der Waals surface area contributed by atoms with E-state index in [1.54, 1.807) is 16.4 Å². The number of sulfonamides is 1. The highest BCUT2D eigenvalue weighted by atomic mass is 35.5. The number of piperidine rings is 2. The predicted molar refractivity (Wildman–Crippen MR) is 102 cm³/mol. The summed E-state index contributed by atoms with van der Waals surface area (Å²) >= 11 is 1.22. The van der Waals surface area contributed by atoms with Gasteiger partial charge < -0.3 is 10.6 Å². The minimum Gasteiger partial charge on any atom is -0.352 e. The molecular formula is C16H26ClN3O3S2. The van der Waals surface area contributed by atoms with Crippen molar-refractivity contribution in [2.45, 2.75) is 48.8 Å². The minimum absolute atomic E-state index is 0. The summed E-state index contributed by atoms with van der Waals surface area (Å²) in [7, 11) is -3.39.